The second-order valence-corrected chi connectivity index (χ2v) is 5.36. The van der Waals surface area contributed by atoms with E-state index in [-0.39, 0.29) is 5.92 Å². The topological polar surface area (TPSA) is 46.0 Å². The van der Waals surface area contributed by atoms with Gasteiger partial charge in [0.15, 0.2) is 5.82 Å². The number of aromatic nitrogens is 3. The Morgan fingerprint density at radius 3 is 2.83 bits per heavy atom. The summed E-state index contributed by atoms with van der Waals surface area (Å²) in [5.74, 6) is 1.08. The number of benzene rings is 1. The van der Waals surface area contributed by atoms with E-state index in [1.807, 2.05) is 24.3 Å². The molecule has 0 amide bonds. The summed E-state index contributed by atoms with van der Waals surface area (Å²) in [5.41, 5.74) is 0.996. The van der Waals surface area contributed by atoms with E-state index in [9.17, 15) is 0 Å². The fourth-order valence-corrected chi connectivity index (χ4v) is 2.06. The van der Waals surface area contributed by atoms with Gasteiger partial charge in [0, 0.05) is 16.0 Å². The Hall–Kier alpha value is -1.27. The predicted molar refractivity (Wildman–Crippen MR) is 78.6 cm³/mol. The van der Waals surface area contributed by atoms with Gasteiger partial charge in [0.25, 0.3) is 0 Å². The maximum atomic E-state index is 5.16. The molecule has 0 radical (unpaired) electrons. The molecular weight excluding hydrogens is 312 g/mol. The van der Waals surface area contributed by atoms with E-state index >= 15 is 0 Å². The first-order valence-electron chi connectivity index (χ1n) is 5.56. The number of nitrogens with one attached hydrogen (secondary N) is 1. The molecule has 0 aliphatic rings. The molecule has 1 aromatic carbocycles. The number of nitrogens with zero attached hydrogens (tertiary/aromatic N) is 3. The Kier molecular flexibility index (Phi) is 4.08. The van der Waals surface area contributed by atoms with Crippen molar-refractivity contribution in [2.45, 2.75) is 19.8 Å². The van der Waals surface area contributed by atoms with Crippen molar-refractivity contribution in [3.63, 3.8) is 0 Å². The van der Waals surface area contributed by atoms with E-state index in [1.54, 1.807) is 10.9 Å². The largest absolute Gasteiger partial charge is 0.250 e. The standard InChI is InChI=1S/C12H13BrN4S/c1-8(2)11-15-16-12(18)17(11)14-7-9-5-3-4-6-10(9)13/h3-8H,1-2H3,(H,16,18)/b14-7-. The average molecular weight is 325 g/mol. The van der Waals surface area contributed by atoms with Crippen LogP contribution in [-0.4, -0.2) is 21.1 Å². The van der Waals surface area contributed by atoms with Crippen molar-refractivity contribution in [3.05, 3.63) is 44.9 Å². The number of halogens is 1. The van der Waals surface area contributed by atoms with Crippen molar-refractivity contribution in [2.24, 2.45) is 5.10 Å². The summed E-state index contributed by atoms with van der Waals surface area (Å²) in [6.07, 6.45) is 1.77. The smallest absolute Gasteiger partial charge is 0.216 e. The molecule has 0 atom stereocenters. The monoisotopic (exact) mass is 324 g/mol. The Morgan fingerprint density at radius 2 is 2.17 bits per heavy atom. The summed E-state index contributed by atoms with van der Waals surface area (Å²) in [6.45, 7) is 4.10. The molecule has 2 rings (SSSR count). The molecule has 0 aliphatic heterocycles. The Morgan fingerprint density at radius 1 is 1.44 bits per heavy atom. The molecular formula is C12H13BrN4S. The summed E-state index contributed by atoms with van der Waals surface area (Å²) in [4.78, 5) is 0. The maximum absolute atomic E-state index is 5.16. The van der Waals surface area contributed by atoms with Gasteiger partial charge in [0.1, 0.15) is 0 Å². The maximum Gasteiger partial charge on any atom is 0.216 e. The molecule has 0 fully saturated rings. The Bertz CT molecular complexity index is 627. The first-order chi connectivity index (χ1) is 8.59. The van der Waals surface area contributed by atoms with Gasteiger partial charge >= 0.3 is 0 Å². The second kappa shape index (κ2) is 5.58. The molecule has 0 saturated carbocycles. The lowest BCUT2D eigenvalue weighted by molar-refractivity contribution is 0.695. The zero-order valence-electron chi connectivity index (χ0n) is 10.1. The first kappa shape index (κ1) is 13.2. The summed E-state index contributed by atoms with van der Waals surface area (Å²) >= 11 is 8.64. The summed E-state index contributed by atoms with van der Waals surface area (Å²) in [6, 6.07) is 7.88. The fourth-order valence-electron chi connectivity index (χ4n) is 1.49. The summed E-state index contributed by atoms with van der Waals surface area (Å²) < 4.78 is 3.15. The van der Waals surface area contributed by atoms with Gasteiger partial charge in [-0.3, -0.25) is 5.10 Å². The third kappa shape index (κ3) is 2.76. The fraction of sp³-hybridized carbons (Fsp3) is 0.250. The minimum Gasteiger partial charge on any atom is -0.250 e. The molecule has 1 N–H and O–H groups in total. The predicted octanol–water partition coefficient (Wildman–Crippen LogP) is 3.71. The van der Waals surface area contributed by atoms with Crippen molar-refractivity contribution in [3.8, 4) is 0 Å². The number of H-pyrrole nitrogens is 1. The van der Waals surface area contributed by atoms with Crippen LogP contribution >= 0.6 is 28.1 Å². The van der Waals surface area contributed by atoms with Crippen LogP contribution in [0.15, 0.2) is 33.8 Å². The number of aromatic amines is 1. The molecule has 1 aromatic heterocycles. The van der Waals surface area contributed by atoms with Crippen LogP contribution in [0.5, 0.6) is 0 Å². The summed E-state index contributed by atoms with van der Waals surface area (Å²) in [7, 11) is 0. The van der Waals surface area contributed by atoms with Gasteiger partial charge in [0.2, 0.25) is 4.77 Å². The van der Waals surface area contributed by atoms with Crippen molar-refractivity contribution in [1.29, 1.82) is 0 Å². The molecule has 2 aromatic rings. The van der Waals surface area contributed by atoms with Gasteiger partial charge in [-0.25, -0.2) is 0 Å². The van der Waals surface area contributed by atoms with Crippen LogP contribution in [0.2, 0.25) is 0 Å². The third-order valence-electron chi connectivity index (χ3n) is 2.41. The molecule has 0 unspecified atom stereocenters. The third-order valence-corrected chi connectivity index (χ3v) is 3.40. The lowest BCUT2D eigenvalue weighted by atomic mass is 10.2. The number of rotatable bonds is 3. The van der Waals surface area contributed by atoms with E-state index in [1.165, 1.54) is 0 Å². The minimum atomic E-state index is 0.259. The zero-order chi connectivity index (χ0) is 13.1. The molecule has 94 valence electrons. The van der Waals surface area contributed by atoms with Crippen molar-refractivity contribution in [2.75, 3.05) is 0 Å². The van der Waals surface area contributed by atoms with Gasteiger partial charge in [-0.2, -0.15) is 14.9 Å². The highest BCUT2D eigenvalue weighted by Gasteiger charge is 2.08. The molecule has 4 nitrogen and oxygen atoms in total. The van der Waals surface area contributed by atoms with Crippen LogP contribution in [0, 0.1) is 4.77 Å². The summed E-state index contributed by atoms with van der Waals surface area (Å²) in [5, 5.41) is 11.3. The van der Waals surface area contributed by atoms with Crippen LogP contribution in [0.3, 0.4) is 0 Å². The van der Waals surface area contributed by atoms with Gasteiger partial charge in [-0.15, -0.1) is 0 Å². The van der Waals surface area contributed by atoms with Crippen molar-refractivity contribution >= 4 is 34.4 Å². The lowest BCUT2D eigenvalue weighted by Crippen LogP contribution is -2.01. The normalized spacial score (nSPS) is 11.6. The van der Waals surface area contributed by atoms with Gasteiger partial charge < -0.3 is 0 Å². The van der Waals surface area contributed by atoms with Crippen LogP contribution in [0.1, 0.15) is 31.2 Å². The minimum absolute atomic E-state index is 0.259. The SMILES string of the molecule is CC(C)c1n[nH]c(=S)n1/N=C\c1ccccc1Br. The van der Waals surface area contributed by atoms with Crippen molar-refractivity contribution < 1.29 is 0 Å². The van der Waals surface area contributed by atoms with Crippen LogP contribution < -0.4 is 0 Å². The quantitative estimate of drug-likeness (QED) is 0.691. The van der Waals surface area contributed by atoms with E-state index in [2.05, 4.69) is 45.1 Å². The van der Waals surface area contributed by atoms with Gasteiger partial charge in [0.05, 0.1) is 6.21 Å². The Balaban J connectivity index is 2.38. The number of hydrogen-bond acceptors (Lipinski definition) is 3. The molecule has 0 spiro atoms. The molecule has 0 saturated heterocycles. The van der Waals surface area contributed by atoms with Gasteiger partial charge in [-0.05, 0) is 18.3 Å². The van der Waals surface area contributed by atoms with E-state index in [0.717, 1.165) is 15.9 Å². The highest BCUT2D eigenvalue weighted by molar-refractivity contribution is 9.10. The number of hydrogen-bond donors (Lipinski definition) is 1. The molecule has 1 heterocycles. The average Bonchev–Trinajstić information content (AvgIpc) is 2.70. The highest BCUT2D eigenvalue weighted by atomic mass is 79.9. The van der Waals surface area contributed by atoms with E-state index < -0.39 is 0 Å². The molecule has 18 heavy (non-hydrogen) atoms. The lowest BCUT2D eigenvalue weighted by Gasteiger charge is -2.03. The second-order valence-electron chi connectivity index (χ2n) is 4.12. The molecule has 0 aliphatic carbocycles. The van der Waals surface area contributed by atoms with Crippen LogP contribution in [0.4, 0.5) is 0 Å². The van der Waals surface area contributed by atoms with Crippen LogP contribution in [0.25, 0.3) is 0 Å². The molecule has 0 bridgehead atoms. The van der Waals surface area contributed by atoms with E-state index in [4.69, 9.17) is 12.2 Å². The van der Waals surface area contributed by atoms with Crippen molar-refractivity contribution in [1.82, 2.24) is 14.9 Å². The first-order valence-corrected chi connectivity index (χ1v) is 6.76. The zero-order valence-corrected chi connectivity index (χ0v) is 12.5. The Labute approximate surface area is 119 Å². The van der Waals surface area contributed by atoms with Gasteiger partial charge in [-0.1, -0.05) is 48.0 Å². The highest BCUT2D eigenvalue weighted by Crippen LogP contribution is 2.15. The molecule has 6 heteroatoms. The van der Waals surface area contributed by atoms with Crippen LogP contribution in [-0.2, 0) is 0 Å². The van der Waals surface area contributed by atoms with E-state index in [0.29, 0.717) is 4.77 Å².